The van der Waals surface area contributed by atoms with Crippen LogP contribution in [0.5, 0.6) is 0 Å². The molecule has 0 spiro atoms. The number of aliphatic hydroxyl groups excluding tert-OH is 1. The molecule has 1 N–H and O–H groups in total. The average Bonchev–Trinajstić information content (AvgIpc) is 2.81. The third kappa shape index (κ3) is 4.13. The highest BCUT2D eigenvalue weighted by atomic mass is 16.3. The highest BCUT2D eigenvalue weighted by molar-refractivity contribution is 4.91. The molecule has 1 saturated carbocycles. The maximum atomic E-state index is 10.0. The predicted octanol–water partition coefficient (Wildman–Crippen LogP) is 3.07. The molecule has 0 radical (unpaired) electrons. The Morgan fingerprint density at radius 1 is 1.33 bits per heavy atom. The van der Waals surface area contributed by atoms with E-state index in [0.29, 0.717) is 0 Å². The molecule has 0 aliphatic heterocycles. The van der Waals surface area contributed by atoms with E-state index in [1.165, 1.54) is 38.5 Å². The Kier molecular flexibility index (Phi) is 5.24. The van der Waals surface area contributed by atoms with Crippen LogP contribution in [-0.4, -0.2) is 20.8 Å². The standard InChI is InChI=1S/C15H26N2O/c1-17-12-11-16-15(17)10-9-14(18)8-7-13-5-3-2-4-6-13/h11-14,18H,2-10H2,1H3. The number of aromatic nitrogens is 2. The Hall–Kier alpha value is -0.830. The number of nitrogens with zero attached hydrogens (tertiary/aromatic N) is 2. The highest BCUT2D eigenvalue weighted by Crippen LogP contribution is 2.28. The molecule has 0 bridgehead atoms. The topological polar surface area (TPSA) is 38.0 Å². The zero-order valence-corrected chi connectivity index (χ0v) is 11.5. The van der Waals surface area contributed by atoms with Gasteiger partial charge in [0.05, 0.1) is 6.10 Å². The largest absolute Gasteiger partial charge is 0.393 e. The molecular weight excluding hydrogens is 224 g/mol. The molecule has 3 heteroatoms. The molecule has 1 atom stereocenters. The lowest BCUT2D eigenvalue weighted by Crippen LogP contribution is -2.13. The van der Waals surface area contributed by atoms with Crippen LogP contribution >= 0.6 is 0 Å². The fourth-order valence-corrected chi connectivity index (χ4v) is 2.98. The van der Waals surface area contributed by atoms with Gasteiger partial charge >= 0.3 is 0 Å². The van der Waals surface area contributed by atoms with E-state index in [-0.39, 0.29) is 6.10 Å². The van der Waals surface area contributed by atoms with Crippen molar-refractivity contribution in [2.24, 2.45) is 13.0 Å². The number of rotatable bonds is 6. The minimum atomic E-state index is -0.149. The average molecular weight is 250 g/mol. The normalized spacial score (nSPS) is 19.0. The van der Waals surface area contributed by atoms with Gasteiger partial charge in [0.25, 0.3) is 0 Å². The summed E-state index contributed by atoms with van der Waals surface area (Å²) in [6.07, 6.45) is 14.5. The predicted molar refractivity (Wildman–Crippen MR) is 73.3 cm³/mol. The first-order chi connectivity index (χ1) is 8.75. The lowest BCUT2D eigenvalue weighted by molar-refractivity contribution is 0.140. The quantitative estimate of drug-likeness (QED) is 0.842. The van der Waals surface area contributed by atoms with E-state index in [1.54, 1.807) is 0 Å². The van der Waals surface area contributed by atoms with Gasteiger partial charge in [-0.2, -0.15) is 0 Å². The molecule has 1 aliphatic carbocycles. The Morgan fingerprint density at radius 3 is 2.78 bits per heavy atom. The summed E-state index contributed by atoms with van der Waals surface area (Å²) < 4.78 is 2.04. The summed E-state index contributed by atoms with van der Waals surface area (Å²) in [6.45, 7) is 0. The van der Waals surface area contributed by atoms with E-state index in [0.717, 1.165) is 31.0 Å². The Labute approximate surface area is 110 Å². The Balaban J connectivity index is 1.62. The second-order valence-electron chi connectivity index (χ2n) is 5.73. The molecule has 1 unspecified atom stereocenters. The number of imidazole rings is 1. The third-order valence-electron chi connectivity index (χ3n) is 4.26. The molecule has 0 saturated heterocycles. The van der Waals surface area contributed by atoms with Crippen LogP contribution in [0.1, 0.15) is 57.2 Å². The SMILES string of the molecule is Cn1ccnc1CCC(O)CCC1CCCCC1. The maximum absolute atomic E-state index is 10.0. The van der Waals surface area contributed by atoms with Crippen LogP contribution in [0.15, 0.2) is 12.4 Å². The molecule has 1 heterocycles. The first-order valence-corrected chi connectivity index (χ1v) is 7.40. The van der Waals surface area contributed by atoms with Gasteiger partial charge in [-0.25, -0.2) is 4.98 Å². The van der Waals surface area contributed by atoms with Gasteiger partial charge in [0.1, 0.15) is 5.82 Å². The van der Waals surface area contributed by atoms with E-state index >= 15 is 0 Å². The summed E-state index contributed by atoms with van der Waals surface area (Å²) in [7, 11) is 2.01. The van der Waals surface area contributed by atoms with Crippen molar-refractivity contribution in [2.75, 3.05) is 0 Å². The molecule has 1 aromatic heterocycles. The molecule has 0 aromatic carbocycles. The summed E-state index contributed by atoms with van der Waals surface area (Å²) in [6, 6.07) is 0. The van der Waals surface area contributed by atoms with Crippen LogP contribution in [0.4, 0.5) is 0 Å². The van der Waals surface area contributed by atoms with E-state index in [1.807, 2.05) is 24.0 Å². The van der Waals surface area contributed by atoms with Gasteiger partial charge in [-0.05, 0) is 25.2 Å². The van der Waals surface area contributed by atoms with Gasteiger partial charge in [-0.1, -0.05) is 32.1 Å². The molecule has 3 nitrogen and oxygen atoms in total. The summed E-state index contributed by atoms with van der Waals surface area (Å²) in [4.78, 5) is 4.29. The van der Waals surface area contributed by atoms with E-state index in [4.69, 9.17) is 0 Å². The highest BCUT2D eigenvalue weighted by Gasteiger charge is 2.15. The second kappa shape index (κ2) is 6.93. The maximum Gasteiger partial charge on any atom is 0.108 e. The van der Waals surface area contributed by atoms with Crippen molar-refractivity contribution in [3.05, 3.63) is 18.2 Å². The number of hydrogen-bond acceptors (Lipinski definition) is 2. The molecule has 1 fully saturated rings. The molecule has 1 aliphatic rings. The first kappa shape index (κ1) is 13.6. The molecular formula is C15H26N2O. The summed E-state index contributed by atoms with van der Waals surface area (Å²) in [5, 5.41) is 10.0. The van der Waals surface area contributed by atoms with Gasteiger partial charge in [-0.15, -0.1) is 0 Å². The summed E-state index contributed by atoms with van der Waals surface area (Å²) >= 11 is 0. The molecule has 18 heavy (non-hydrogen) atoms. The zero-order chi connectivity index (χ0) is 12.8. The molecule has 102 valence electrons. The molecule has 2 rings (SSSR count). The van der Waals surface area contributed by atoms with Crippen LogP contribution in [-0.2, 0) is 13.5 Å². The van der Waals surface area contributed by atoms with Gasteiger partial charge in [0.2, 0.25) is 0 Å². The van der Waals surface area contributed by atoms with Crippen molar-refractivity contribution in [1.29, 1.82) is 0 Å². The fraction of sp³-hybridized carbons (Fsp3) is 0.800. The lowest BCUT2D eigenvalue weighted by Gasteiger charge is -2.22. The van der Waals surface area contributed by atoms with Crippen molar-refractivity contribution in [3.8, 4) is 0 Å². The monoisotopic (exact) mass is 250 g/mol. The fourth-order valence-electron chi connectivity index (χ4n) is 2.98. The second-order valence-corrected chi connectivity index (χ2v) is 5.73. The third-order valence-corrected chi connectivity index (χ3v) is 4.26. The minimum Gasteiger partial charge on any atom is -0.393 e. The number of aliphatic hydroxyl groups is 1. The van der Waals surface area contributed by atoms with E-state index in [2.05, 4.69) is 4.98 Å². The van der Waals surface area contributed by atoms with Crippen molar-refractivity contribution in [2.45, 2.75) is 63.9 Å². The van der Waals surface area contributed by atoms with Crippen LogP contribution in [0.25, 0.3) is 0 Å². The van der Waals surface area contributed by atoms with Crippen molar-refractivity contribution < 1.29 is 5.11 Å². The van der Waals surface area contributed by atoms with Crippen LogP contribution < -0.4 is 0 Å². The Bertz CT molecular complexity index is 342. The first-order valence-electron chi connectivity index (χ1n) is 7.40. The van der Waals surface area contributed by atoms with Crippen molar-refractivity contribution >= 4 is 0 Å². The van der Waals surface area contributed by atoms with E-state index in [9.17, 15) is 5.11 Å². The van der Waals surface area contributed by atoms with Gasteiger partial charge in [0, 0.05) is 25.9 Å². The zero-order valence-electron chi connectivity index (χ0n) is 11.5. The number of hydrogen-bond donors (Lipinski definition) is 1. The molecule has 0 amide bonds. The summed E-state index contributed by atoms with van der Waals surface area (Å²) in [5.74, 6) is 1.95. The van der Waals surface area contributed by atoms with Crippen molar-refractivity contribution in [3.63, 3.8) is 0 Å². The van der Waals surface area contributed by atoms with Crippen LogP contribution in [0, 0.1) is 5.92 Å². The van der Waals surface area contributed by atoms with Gasteiger partial charge < -0.3 is 9.67 Å². The van der Waals surface area contributed by atoms with Crippen molar-refractivity contribution in [1.82, 2.24) is 9.55 Å². The van der Waals surface area contributed by atoms with Gasteiger partial charge in [-0.3, -0.25) is 0 Å². The smallest absolute Gasteiger partial charge is 0.108 e. The van der Waals surface area contributed by atoms with Crippen LogP contribution in [0.2, 0.25) is 0 Å². The lowest BCUT2D eigenvalue weighted by atomic mass is 9.85. The Morgan fingerprint density at radius 2 is 2.11 bits per heavy atom. The molecule has 1 aromatic rings. The minimum absolute atomic E-state index is 0.149. The van der Waals surface area contributed by atoms with Gasteiger partial charge in [0.15, 0.2) is 0 Å². The summed E-state index contributed by atoms with van der Waals surface area (Å²) in [5.41, 5.74) is 0. The van der Waals surface area contributed by atoms with E-state index < -0.39 is 0 Å². The van der Waals surface area contributed by atoms with Crippen LogP contribution in [0.3, 0.4) is 0 Å². The number of aryl methyl sites for hydroxylation is 2.